The Morgan fingerprint density at radius 3 is 2.82 bits per heavy atom. The van der Waals surface area contributed by atoms with Crippen LogP contribution < -0.4 is 5.32 Å². The summed E-state index contributed by atoms with van der Waals surface area (Å²) in [7, 11) is 0. The topological polar surface area (TPSA) is 117 Å². The van der Waals surface area contributed by atoms with Gasteiger partial charge in [0.25, 0.3) is 0 Å². The number of nitrogens with one attached hydrogen (secondary N) is 1. The molecule has 2 aromatic rings. The Labute approximate surface area is 158 Å². The Kier molecular flexibility index (Phi) is 7.67. The van der Waals surface area contributed by atoms with Crippen molar-refractivity contribution in [2.45, 2.75) is 51.2 Å². The Hall–Kier alpha value is -2.76. The molecule has 154 valence electrons. The molecule has 1 amide bonds. The van der Waals surface area contributed by atoms with Crippen molar-refractivity contribution >= 4 is 12.4 Å². The van der Waals surface area contributed by atoms with Crippen molar-refractivity contribution in [3.05, 3.63) is 29.7 Å². The van der Waals surface area contributed by atoms with Gasteiger partial charge >= 0.3 is 6.18 Å². The second-order valence-corrected chi connectivity index (χ2v) is 6.07. The molecule has 0 aromatic carbocycles. The van der Waals surface area contributed by atoms with Crippen molar-refractivity contribution in [3.63, 3.8) is 0 Å². The van der Waals surface area contributed by atoms with Crippen LogP contribution in [0.25, 0.3) is 0 Å². The number of anilines is 1. The van der Waals surface area contributed by atoms with E-state index in [-0.39, 0.29) is 43.1 Å². The van der Waals surface area contributed by atoms with Gasteiger partial charge in [-0.2, -0.15) is 13.2 Å². The number of hydrogen-bond acceptors (Lipinski definition) is 8. The highest BCUT2D eigenvalue weighted by Gasteiger charge is 2.32. The summed E-state index contributed by atoms with van der Waals surface area (Å²) in [5.74, 6) is -0.227. The first-order chi connectivity index (χ1) is 13.3. The Bertz CT molecular complexity index is 755. The second kappa shape index (κ2) is 9.97. The van der Waals surface area contributed by atoms with Gasteiger partial charge in [0.2, 0.25) is 24.1 Å². The van der Waals surface area contributed by atoms with Gasteiger partial charge < -0.3 is 9.73 Å². The summed E-state index contributed by atoms with van der Waals surface area (Å²) in [5.41, 5.74) is -1.07. The van der Waals surface area contributed by atoms with Gasteiger partial charge in [-0.3, -0.25) is 10.0 Å². The maximum Gasteiger partial charge on any atom is 0.433 e. The molecule has 2 N–H and O–H groups in total. The van der Waals surface area contributed by atoms with Crippen LogP contribution in [0.4, 0.5) is 19.1 Å². The number of halogens is 3. The number of alkyl halides is 3. The maximum atomic E-state index is 12.7. The molecular weight excluding hydrogens is 381 g/mol. The monoisotopic (exact) mass is 402 g/mol. The predicted molar refractivity (Wildman–Crippen MR) is 90.1 cm³/mol. The number of hydrogen-bond donors (Lipinski definition) is 2. The van der Waals surface area contributed by atoms with E-state index in [1.54, 1.807) is 0 Å². The van der Waals surface area contributed by atoms with Crippen LogP contribution in [0.2, 0.25) is 0 Å². The van der Waals surface area contributed by atoms with Gasteiger partial charge in [0.1, 0.15) is 5.69 Å². The molecule has 0 saturated carbocycles. The minimum Gasteiger partial charge on any atom is -0.423 e. The van der Waals surface area contributed by atoms with Crippen molar-refractivity contribution in [1.29, 1.82) is 0 Å². The van der Waals surface area contributed by atoms with Gasteiger partial charge in [-0.15, -0.1) is 10.2 Å². The van der Waals surface area contributed by atoms with Gasteiger partial charge in [-0.25, -0.2) is 15.0 Å². The molecule has 0 bridgehead atoms. The molecule has 0 fully saturated rings. The first-order valence-electron chi connectivity index (χ1n) is 8.70. The standard InChI is InChI=1S/C16H21F3N6O3/c1-2-3-4-5-11(9-25(27)10-26)14-24-23-13(28-14)8-21-15-20-7-6-12(22-15)16(17,18)19/h6-7,10-11,27H,2-5,8-9H2,1H3,(H,20,21,22). The number of nitrogens with zero attached hydrogens (tertiary/aromatic N) is 5. The molecule has 0 aliphatic heterocycles. The molecule has 0 radical (unpaired) electrons. The summed E-state index contributed by atoms with van der Waals surface area (Å²) < 4.78 is 43.6. The minimum absolute atomic E-state index is 0.000977. The quantitative estimate of drug-likeness (QED) is 0.255. The fourth-order valence-electron chi connectivity index (χ4n) is 2.46. The van der Waals surface area contributed by atoms with Gasteiger partial charge in [0.15, 0.2) is 0 Å². The molecule has 9 nitrogen and oxygen atoms in total. The zero-order valence-electron chi connectivity index (χ0n) is 15.2. The lowest BCUT2D eigenvalue weighted by Crippen LogP contribution is -2.24. The number of rotatable bonds is 11. The van der Waals surface area contributed by atoms with Crippen LogP contribution in [0.1, 0.15) is 56.0 Å². The predicted octanol–water partition coefficient (Wildman–Crippen LogP) is 3.00. The van der Waals surface area contributed by atoms with Crippen LogP contribution in [-0.2, 0) is 17.5 Å². The SMILES string of the molecule is CCCCCC(CN(O)C=O)c1nnc(CNc2nccc(C(F)(F)F)n2)o1. The average Bonchev–Trinajstić information content (AvgIpc) is 3.14. The lowest BCUT2D eigenvalue weighted by Gasteiger charge is -2.16. The fourth-order valence-corrected chi connectivity index (χ4v) is 2.46. The zero-order valence-corrected chi connectivity index (χ0v) is 15.2. The molecule has 0 aliphatic rings. The third-order valence-electron chi connectivity index (χ3n) is 3.86. The van der Waals surface area contributed by atoms with E-state index >= 15 is 0 Å². The minimum atomic E-state index is -4.57. The van der Waals surface area contributed by atoms with Crippen LogP contribution in [0.5, 0.6) is 0 Å². The van der Waals surface area contributed by atoms with Crippen molar-refractivity contribution in [3.8, 4) is 0 Å². The van der Waals surface area contributed by atoms with Crippen LogP contribution in [0.3, 0.4) is 0 Å². The molecule has 1 atom stereocenters. The number of carbonyl (C=O) groups is 1. The third kappa shape index (κ3) is 6.44. The van der Waals surface area contributed by atoms with E-state index < -0.39 is 11.9 Å². The van der Waals surface area contributed by atoms with E-state index in [1.807, 2.05) is 6.92 Å². The summed E-state index contributed by atoms with van der Waals surface area (Å²) in [4.78, 5) is 17.8. The van der Waals surface area contributed by atoms with Gasteiger partial charge in [-0.1, -0.05) is 26.2 Å². The fraction of sp³-hybridized carbons (Fsp3) is 0.562. The molecule has 2 aromatic heterocycles. The number of unbranched alkanes of at least 4 members (excludes halogenated alkanes) is 2. The molecule has 0 saturated heterocycles. The maximum absolute atomic E-state index is 12.7. The Morgan fingerprint density at radius 2 is 2.14 bits per heavy atom. The molecule has 28 heavy (non-hydrogen) atoms. The highest BCUT2D eigenvalue weighted by Crippen LogP contribution is 2.27. The first-order valence-corrected chi connectivity index (χ1v) is 8.70. The third-order valence-corrected chi connectivity index (χ3v) is 3.86. The van der Waals surface area contributed by atoms with E-state index in [4.69, 9.17) is 4.42 Å². The second-order valence-electron chi connectivity index (χ2n) is 6.07. The summed E-state index contributed by atoms with van der Waals surface area (Å²) >= 11 is 0. The van der Waals surface area contributed by atoms with E-state index in [1.165, 1.54) is 0 Å². The first kappa shape index (κ1) is 21.5. The van der Waals surface area contributed by atoms with Gasteiger partial charge in [-0.05, 0) is 12.5 Å². The number of carbonyl (C=O) groups excluding carboxylic acids is 1. The van der Waals surface area contributed by atoms with E-state index in [9.17, 15) is 23.2 Å². The Balaban J connectivity index is 2.01. The lowest BCUT2D eigenvalue weighted by atomic mass is 10.0. The van der Waals surface area contributed by atoms with Gasteiger partial charge in [0.05, 0.1) is 19.0 Å². The number of hydroxylamine groups is 2. The van der Waals surface area contributed by atoms with E-state index in [0.717, 1.165) is 31.5 Å². The van der Waals surface area contributed by atoms with Crippen LogP contribution in [0.15, 0.2) is 16.7 Å². The number of amides is 1. The van der Waals surface area contributed by atoms with Crippen LogP contribution >= 0.6 is 0 Å². The molecular formula is C16H21F3N6O3. The highest BCUT2D eigenvalue weighted by molar-refractivity contribution is 5.44. The molecule has 2 heterocycles. The molecule has 0 aliphatic carbocycles. The lowest BCUT2D eigenvalue weighted by molar-refractivity contribution is -0.151. The van der Waals surface area contributed by atoms with Crippen LogP contribution in [-0.4, -0.2) is 43.4 Å². The smallest absolute Gasteiger partial charge is 0.423 e. The molecule has 2 rings (SSSR count). The Morgan fingerprint density at radius 1 is 1.36 bits per heavy atom. The summed E-state index contributed by atoms with van der Waals surface area (Å²) in [6.45, 7) is 1.97. The molecule has 1 unspecified atom stereocenters. The highest BCUT2D eigenvalue weighted by atomic mass is 19.4. The molecule has 0 spiro atoms. The van der Waals surface area contributed by atoms with Gasteiger partial charge in [0, 0.05) is 6.20 Å². The van der Waals surface area contributed by atoms with Crippen molar-refractivity contribution in [2.75, 3.05) is 11.9 Å². The summed E-state index contributed by atoms with van der Waals surface area (Å²) in [5, 5.41) is 20.3. The van der Waals surface area contributed by atoms with E-state index in [2.05, 4.69) is 25.5 Å². The summed E-state index contributed by atoms with van der Waals surface area (Å²) in [6.07, 6.45) is 0.161. The normalized spacial score (nSPS) is 12.6. The van der Waals surface area contributed by atoms with Crippen molar-refractivity contribution in [1.82, 2.24) is 25.2 Å². The largest absolute Gasteiger partial charge is 0.433 e. The van der Waals surface area contributed by atoms with Crippen molar-refractivity contribution in [2.24, 2.45) is 0 Å². The average molecular weight is 402 g/mol. The molecule has 12 heteroatoms. The summed E-state index contributed by atoms with van der Waals surface area (Å²) in [6, 6.07) is 0.768. The zero-order chi connectivity index (χ0) is 20.6. The van der Waals surface area contributed by atoms with Crippen molar-refractivity contribution < 1.29 is 27.6 Å². The van der Waals surface area contributed by atoms with E-state index in [0.29, 0.717) is 11.5 Å². The number of aromatic nitrogens is 4. The van der Waals surface area contributed by atoms with Crippen LogP contribution in [0, 0.1) is 0 Å².